The van der Waals surface area contributed by atoms with E-state index in [4.69, 9.17) is 16.3 Å². The van der Waals surface area contributed by atoms with Crippen LogP contribution in [0.1, 0.15) is 30.7 Å². The summed E-state index contributed by atoms with van der Waals surface area (Å²) in [5.74, 6) is -0.606. The molecule has 0 aliphatic carbocycles. The second-order valence-corrected chi connectivity index (χ2v) is 8.59. The fourth-order valence-corrected chi connectivity index (χ4v) is 3.66. The summed E-state index contributed by atoms with van der Waals surface area (Å²) in [5.41, 5.74) is 1.76. The number of carbonyl (C=O) groups is 2. The van der Waals surface area contributed by atoms with Gasteiger partial charge in [-0.15, -0.1) is 10.2 Å². The number of anilines is 1. The van der Waals surface area contributed by atoms with Gasteiger partial charge in [-0.05, 0) is 60.2 Å². The molecule has 172 valence electrons. The molecule has 0 bridgehead atoms. The van der Waals surface area contributed by atoms with Gasteiger partial charge in [0.1, 0.15) is 18.2 Å². The molecule has 0 aliphatic rings. The first-order valence-corrected chi connectivity index (χ1v) is 11.3. The van der Waals surface area contributed by atoms with Crippen molar-refractivity contribution < 1.29 is 18.7 Å². The number of benzene rings is 3. The summed E-state index contributed by atoms with van der Waals surface area (Å²) in [6, 6.07) is 19.4. The number of rotatable bonds is 8. The number of halogens is 2. The first kappa shape index (κ1) is 23.3. The third-order valence-corrected chi connectivity index (χ3v) is 5.73. The predicted molar refractivity (Wildman–Crippen MR) is 128 cm³/mol. The number of amides is 2. The highest BCUT2D eigenvalue weighted by atomic mass is 35.5. The number of nitrogens with zero attached hydrogens (tertiary/aromatic N) is 2. The summed E-state index contributed by atoms with van der Waals surface area (Å²) < 4.78 is 18.5. The highest BCUT2D eigenvalue weighted by Gasteiger charge is 2.15. The van der Waals surface area contributed by atoms with Crippen molar-refractivity contribution in [1.29, 1.82) is 0 Å². The van der Waals surface area contributed by atoms with Gasteiger partial charge in [0.05, 0.1) is 0 Å². The molecule has 1 aromatic heterocycles. The molecule has 7 nitrogen and oxygen atoms in total. The number of aromatic nitrogens is 2. The minimum absolute atomic E-state index is 0.0971. The van der Waals surface area contributed by atoms with Crippen LogP contribution in [0.3, 0.4) is 0 Å². The van der Waals surface area contributed by atoms with Crippen molar-refractivity contribution in [2.75, 3.05) is 5.32 Å². The van der Waals surface area contributed by atoms with Crippen molar-refractivity contribution in [3.63, 3.8) is 0 Å². The topological polar surface area (TPSA) is 93.2 Å². The number of hydrogen-bond donors (Lipinski definition) is 2. The fraction of sp³-hybridized carbons (Fsp3) is 0.0833. The zero-order valence-corrected chi connectivity index (χ0v) is 19.2. The Balaban J connectivity index is 1.32. The second-order valence-electron chi connectivity index (χ2n) is 7.09. The third kappa shape index (κ3) is 6.37. The van der Waals surface area contributed by atoms with Gasteiger partial charge in [0.15, 0.2) is 5.01 Å². The van der Waals surface area contributed by atoms with Crippen LogP contribution in [-0.4, -0.2) is 22.0 Å². The minimum Gasteiger partial charge on any atom is -0.486 e. The summed E-state index contributed by atoms with van der Waals surface area (Å²) in [6.45, 7) is 0.444. The van der Waals surface area contributed by atoms with E-state index in [1.165, 1.54) is 24.3 Å². The molecule has 4 rings (SSSR count). The van der Waals surface area contributed by atoms with E-state index in [9.17, 15) is 14.0 Å². The van der Waals surface area contributed by atoms with E-state index in [2.05, 4.69) is 20.8 Å². The normalized spacial score (nSPS) is 10.5. The minimum atomic E-state index is -0.454. The Bertz CT molecular complexity index is 1300. The van der Waals surface area contributed by atoms with Crippen LogP contribution >= 0.6 is 22.9 Å². The zero-order chi connectivity index (χ0) is 23.9. The van der Waals surface area contributed by atoms with E-state index in [0.29, 0.717) is 33.6 Å². The lowest BCUT2D eigenvalue weighted by molar-refractivity contribution is 0.0949. The van der Waals surface area contributed by atoms with E-state index < -0.39 is 5.91 Å². The molecule has 1 heterocycles. The average molecular weight is 497 g/mol. The Labute approximate surface area is 203 Å². The SMILES string of the molecule is O=C(NCc1ccc(Cl)cc1)c1cccc(NC(=O)c2nnc(COc3ccc(F)cc3)s2)c1. The molecule has 0 fully saturated rings. The van der Waals surface area contributed by atoms with Crippen molar-refractivity contribution in [3.8, 4) is 5.75 Å². The van der Waals surface area contributed by atoms with Crippen molar-refractivity contribution >= 4 is 40.4 Å². The number of nitrogens with one attached hydrogen (secondary N) is 2. The van der Waals surface area contributed by atoms with E-state index in [0.717, 1.165) is 16.9 Å². The molecule has 0 aliphatic heterocycles. The van der Waals surface area contributed by atoms with Gasteiger partial charge in [-0.3, -0.25) is 9.59 Å². The zero-order valence-electron chi connectivity index (χ0n) is 17.6. The van der Waals surface area contributed by atoms with Crippen LogP contribution in [0.5, 0.6) is 5.75 Å². The van der Waals surface area contributed by atoms with E-state index >= 15 is 0 Å². The van der Waals surface area contributed by atoms with Gasteiger partial charge in [0.2, 0.25) is 5.01 Å². The molecule has 0 saturated heterocycles. The van der Waals surface area contributed by atoms with Gasteiger partial charge in [0, 0.05) is 22.8 Å². The van der Waals surface area contributed by atoms with Crippen LogP contribution in [0.15, 0.2) is 72.8 Å². The van der Waals surface area contributed by atoms with Crippen LogP contribution in [0.2, 0.25) is 5.02 Å². The van der Waals surface area contributed by atoms with Gasteiger partial charge >= 0.3 is 0 Å². The lowest BCUT2D eigenvalue weighted by Crippen LogP contribution is -2.23. The van der Waals surface area contributed by atoms with Crippen LogP contribution in [0, 0.1) is 5.82 Å². The van der Waals surface area contributed by atoms with Crippen LogP contribution in [0.4, 0.5) is 10.1 Å². The van der Waals surface area contributed by atoms with E-state index in [1.807, 2.05) is 12.1 Å². The maximum Gasteiger partial charge on any atom is 0.286 e. The molecule has 0 spiro atoms. The summed E-state index contributed by atoms with van der Waals surface area (Å²) in [6.07, 6.45) is 0. The van der Waals surface area contributed by atoms with E-state index in [-0.39, 0.29) is 23.3 Å². The maximum atomic E-state index is 13.0. The van der Waals surface area contributed by atoms with Crippen molar-refractivity contribution in [1.82, 2.24) is 15.5 Å². The van der Waals surface area contributed by atoms with Gasteiger partial charge in [-0.1, -0.05) is 41.1 Å². The van der Waals surface area contributed by atoms with Crippen molar-refractivity contribution in [2.45, 2.75) is 13.2 Å². The van der Waals surface area contributed by atoms with Crippen LogP contribution in [0.25, 0.3) is 0 Å². The lowest BCUT2D eigenvalue weighted by Gasteiger charge is -2.08. The van der Waals surface area contributed by atoms with Gasteiger partial charge in [-0.25, -0.2) is 4.39 Å². The second kappa shape index (κ2) is 10.9. The van der Waals surface area contributed by atoms with Crippen LogP contribution < -0.4 is 15.4 Å². The highest BCUT2D eigenvalue weighted by molar-refractivity contribution is 7.13. The lowest BCUT2D eigenvalue weighted by atomic mass is 10.1. The summed E-state index contributed by atoms with van der Waals surface area (Å²) in [7, 11) is 0. The van der Waals surface area contributed by atoms with Gasteiger partial charge < -0.3 is 15.4 Å². The fourth-order valence-electron chi connectivity index (χ4n) is 2.89. The molecule has 34 heavy (non-hydrogen) atoms. The van der Waals surface area contributed by atoms with E-state index in [1.54, 1.807) is 36.4 Å². The summed E-state index contributed by atoms with van der Waals surface area (Å²) in [4.78, 5) is 25.1. The Kier molecular flexibility index (Phi) is 7.46. The molecular formula is C24H18ClFN4O3S. The number of ether oxygens (including phenoxy) is 1. The largest absolute Gasteiger partial charge is 0.486 e. The number of carbonyl (C=O) groups excluding carboxylic acids is 2. The molecule has 0 radical (unpaired) electrons. The smallest absolute Gasteiger partial charge is 0.286 e. The van der Waals surface area contributed by atoms with Crippen LogP contribution in [-0.2, 0) is 13.2 Å². The molecule has 4 aromatic rings. The third-order valence-electron chi connectivity index (χ3n) is 4.59. The standard InChI is InChI=1S/C24H18ClFN4O3S/c25-17-6-4-15(5-7-17)13-27-22(31)16-2-1-3-19(12-16)28-23(32)24-30-29-21(34-24)14-33-20-10-8-18(26)9-11-20/h1-12H,13-14H2,(H,27,31)(H,28,32). The molecular weight excluding hydrogens is 479 g/mol. The summed E-state index contributed by atoms with van der Waals surface area (Å²) >= 11 is 6.95. The Hall–Kier alpha value is -3.82. The quantitative estimate of drug-likeness (QED) is 0.354. The Morgan fingerprint density at radius 1 is 0.971 bits per heavy atom. The monoisotopic (exact) mass is 496 g/mol. The highest BCUT2D eigenvalue weighted by Crippen LogP contribution is 2.18. The van der Waals surface area contributed by atoms with Gasteiger partial charge in [-0.2, -0.15) is 0 Å². The number of hydrogen-bond acceptors (Lipinski definition) is 6. The Morgan fingerprint density at radius 3 is 2.50 bits per heavy atom. The predicted octanol–water partition coefficient (Wildman–Crippen LogP) is 5.09. The van der Waals surface area contributed by atoms with Crippen molar-refractivity contribution in [3.05, 3.63) is 105 Å². The molecule has 0 atom stereocenters. The van der Waals surface area contributed by atoms with Gasteiger partial charge in [0.25, 0.3) is 11.8 Å². The van der Waals surface area contributed by atoms with Crippen molar-refractivity contribution in [2.24, 2.45) is 0 Å². The first-order valence-electron chi connectivity index (χ1n) is 10.1. The average Bonchev–Trinajstić information content (AvgIpc) is 3.33. The molecule has 2 N–H and O–H groups in total. The maximum absolute atomic E-state index is 13.0. The molecule has 2 amide bonds. The first-order chi connectivity index (χ1) is 16.5. The summed E-state index contributed by atoms with van der Waals surface area (Å²) in [5, 5.41) is 14.7. The molecule has 0 saturated carbocycles. The Morgan fingerprint density at radius 2 is 1.74 bits per heavy atom. The molecule has 0 unspecified atom stereocenters. The molecule has 3 aromatic carbocycles. The molecule has 10 heteroatoms.